The van der Waals surface area contributed by atoms with Gasteiger partial charge in [-0.2, -0.15) is 4.68 Å². The number of benzene rings is 1. The van der Waals surface area contributed by atoms with Gasteiger partial charge in [0.25, 0.3) is 0 Å². The van der Waals surface area contributed by atoms with Gasteiger partial charge in [0.1, 0.15) is 0 Å². The molecule has 0 fully saturated rings. The van der Waals surface area contributed by atoms with E-state index in [0.29, 0.717) is 5.16 Å². The Morgan fingerprint density at radius 3 is 3.16 bits per heavy atom. The molecule has 0 unspecified atom stereocenters. The number of aromatic nitrogens is 4. The predicted molar refractivity (Wildman–Crippen MR) is 72.9 cm³/mol. The molecule has 0 spiro atoms. The average molecular weight is 292 g/mol. The summed E-state index contributed by atoms with van der Waals surface area (Å²) in [7, 11) is 0. The number of carbonyl (C=O) groups is 1. The van der Waals surface area contributed by atoms with Crippen molar-refractivity contribution in [2.45, 2.75) is 5.16 Å². The Morgan fingerprint density at radius 2 is 2.32 bits per heavy atom. The van der Waals surface area contributed by atoms with E-state index in [1.807, 2.05) is 29.6 Å². The second kappa shape index (κ2) is 4.98. The summed E-state index contributed by atoms with van der Waals surface area (Å²) in [6, 6.07) is 7.92. The lowest BCUT2D eigenvalue weighted by molar-refractivity contribution is -0.133. The minimum Gasteiger partial charge on any atom is -0.481 e. The molecule has 0 bridgehead atoms. The van der Waals surface area contributed by atoms with Gasteiger partial charge in [0, 0.05) is 4.70 Å². The fourth-order valence-electron chi connectivity index (χ4n) is 1.64. The monoisotopic (exact) mass is 292 g/mol. The molecule has 2 heterocycles. The number of rotatable bonds is 4. The fourth-order valence-corrected chi connectivity index (χ4v) is 3.03. The Kier molecular flexibility index (Phi) is 3.18. The first-order valence-corrected chi connectivity index (χ1v) is 7.21. The van der Waals surface area contributed by atoms with Crippen molar-refractivity contribution in [3.63, 3.8) is 0 Å². The smallest absolute Gasteiger partial charge is 0.313 e. The number of thioether (sulfide) groups is 1. The van der Waals surface area contributed by atoms with Gasteiger partial charge >= 0.3 is 5.97 Å². The zero-order valence-corrected chi connectivity index (χ0v) is 11.2. The van der Waals surface area contributed by atoms with Crippen LogP contribution in [-0.4, -0.2) is 37.0 Å². The van der Waals surface area contributed by atoms with Crippen LogP contribution in [0.25, 0.3) is 15.8 Å². The Labute approximate surface area is 116 Å². The van der Waals surface area contributed by atoms with E-state index in [0.717, 1.165) is 22.8 Å². The van der Waals surface area contributed by atoms with Crippen LogP contribution < -0.4 is 0 Å². The highest BCUT2D eigenvalue weighted by Gasteiger charge is 2.11. The van der Waals surface area contributed by atoms with Gasteiger partial charge in [-0.05, 0) is 45.5 Å². The fraction of sp³-hybridized carbons (Fsp3) is 0.0909. The zero-order valence-electron chi connectivity index (χ0n) is 9.55. The van der Waals surface area contributed by atoms with Gasteiger partial charge < -0.3 is 5.11 Å². The van der Waals surface area contributed by atoms with Crippen molar-refractivity contribution in [1.29, 1.82) is 0 Å². The normalized spacial score (nSPS) is 10.9. The highest BCUT2D eigenvalue weighted by Crippen LogP contribution is 2.25. The number of carboxylic acid groups (broad SMARTS) is 1. The van der Waals surface area contributed by atoms with Crippen LogP contribution in [0.4, 0.5) is 0 Å². The molecule has 96 valence electrons. The maximum absolute atomic E-state index is 10.6. The van der Waals surface area contributed by atoms with Crippen molar-refractivity contribution in [3.8, 4) is 5.69 Å². The van der Waals surface area contributed by atoms with Crippen LogP contribution in [0.3, 0.4) is 0 Å². The van der Waals surface area contributed by atoms with Crippen LogP contribution in [0, 0.1) is 0 Å². The van der Waals surface area contributed by atoms with Gasteiger partial charge in [0.15, 0.2) is 0 Å². The quantitative estimate of drug-likeness (QED) is 0.741. The molecule has 0 atom stereocenters. The van der Waals surface area contributed by atoms with Crippen LogP contribution in [0.15, 0.2) is 34.8 Å². The Morgan fingerprint density at radius 1 is 1.42 bits per heavy atom. The Bertz CT molecular complexity index is 737. The van der Waals surface area contributed by atoms with Crippen LogP contribution in [0.5, 0.6) is 0 Å². The molecule has 2 aromatic heterocycles. The zero-order chi connectivity index (χ0) is 13.2. The summed E-state index contributed by atoms with van der Waals surface area (Å²) in [6.07, 6.45) is 0. The van der Waals surface area contributed by atoms with Crippen molar-refractivity contribution in [1.82, 2.24) is 20.2 Å². The third kappa shape index (κ3) is 2.45. The third-order valence-corrected chi connectivity index (χ3v) is 4.25. The molecule has 19 heavy (non-hydrogen) atoms. The third-order valence-electron chi connectivity index (χ3n) is 2.45. The molecular weight excluding hydrogens is 284 g/mol. The number of fused-ring (bicyclic) bond motifs is 1. The molecule has 1 N–H and O–H groups in total. The minimum atomic E-state index is -0.896. The van der Waals surface area contributed by atoms with E-state index in [1.165, 1.54) is 4.70 Å². The molecule has 3 rings (SSSR count). The van der Waals surface area contributed by atoms with Crippen LogP contribution in [0.1, 0.15) is 0 Å². The van der Waals surface area contributed by atoms with Crippen molar-refractivity contribution >= 4 is 39.2 Å². The molecular formula is C11H8N4O2S2. The van der Waals surface area contributed by atoms with E-state index >= 15 is 0 Å². The van der Waals surface area contributed by atoms with Crippen LogP contribution in [0.2, 0.25) is 0 Å². The van der Waals surface area contributed by atoms with Gasteiger partial charge in [-0.1, -0.05) is 11.8 Å². The van der Waals surface area contributed by atoms with E-state index in [-0.39, 0.29) is 5.75 Å². The summed E-state index contributed by atoms with van der Waals surface area (Å²) in [4.78, 5) is 10.6. The van der Waals surface area contributed by atoms with Gasteiger partial charge in [-0.3, -0.25) is 4.79 Å². The number of hydrogen-bond donors (Lipinski definition) is 1. The topological polar surface area (TPSA) is 80.9 Å². The van der Waals surface area contributed by atoms with Gasteiger partial charge in [-0.25, -0.2) is 0 Å². The van der Waals surface area contributed by atoms with E-state index in [2.05, 4.69) is 15.5 Å². The standard InChI is InChI=1S/C11H8N4O2S2/c16-10(17)6-19-11-12-13-14-15(11)8-1-2-9-7(5-8)3-4-18-9/h1-5H,6H2,(H,16,17). The van der Waals surface area contributed by atoms with Crippen molar-refractivity contribution in [2.75, 3.05) is 5.75 Å². The SMILES string of the molecule is O=C(O)CSc1nnnn1-c1ccc2sccc2c1. The number of hydrogen-bond acceptors (Lipinski definition) is 6. The Balaban J connectivity index is 1.96. The summed E-state index contributed by atoms with van der Waals surface area (Å²) in [6.45, 7) is 0. The first-order chi connectivity index (χ1) is 9.24. The summed E-state index contributed by atoms with van der Waals surface area (Å²) < 4.78 is 2.74. The number of thiophene rings is 1. The summed E-state index contributed by atoms with van der Waals surface area (Å²) in [5.41, 5.74) is 0.823. The maximum atomic E-state index is 10.6. The second-order valence-electron chi connectivity index (χ2n) is 3.70. The molecule has 8 heteroatoms. The van der Waals surface area contributed by atoms with E-state index in [4.69, 9.17) is 5.11 Å². The molecule has 1 aromatic carbocycles. The highest BCUT2D eigenvalue weighted by atomic mass is 32.2. The second-order valence-corrected chi connectivity index (χ2v) is 5.59. The molecule has 6 nitrogen and oxygen atoms in total. The molecule has 0 saturated carbocycles. The maximum Gasteiger partial charge on any atom is 0.313 e. The highest BCUT2D eigenvalue weighted by molar-refractivity contribution is 7.99. The molecule has 0 aliphatic rings. The summed E-state index contributed by atoms with van der Waals surface area (Å²) >= 11 is 2.76. The van der Waals surface area contributed by atoms with Gasteiger partial charge in [0.05, 0.1) is 11.4 Å². The average Bonchev–Trinajstić information content (AvgIpc) is 3.04. The predicted octanol–water partition coefficient (Wildman–Crippen LogP) is 2.05. The number of carboxylic acids is 1. The molecule has 0 aliphatic carbocycles. The van der Waals surface area contributed by atoms with E-state index < -0.39 is 5.97 Å². The molecule has 0 radical (unpaired) electrons. The molecule has 0 aliphatic heterocycles. The number of aliphatic carboxylic acids is 1. The lowest BCUT2D eigenvalue weighted by Gasteiger charge is -2.03. The van der Waals surface area contributed by atoms with Crippen LogP contribution in [-0.2, 0) is 4.79 Å². The van der Waals surface area contributed by atoms with Crippen molar-refractivity contribution in [3.05, 3.63) is 29.6 Å². The van der Waals surface area contributed by atoms with Crippen LogP contribution >= 0.6 is 23.1 Å². The van der Waals surface area contributed by atoms with E-state index in [1.54, 1.807) is 16.0 Å². The van der Waals surface area contributed by atoms with Gasteiger partial charge in [-0.15, -0.1) is 16.4 Å². The number of tetrazole rings is 1. The van der Waals surface area contributed by atoms with Crippen molar-refractivity contribution < 1.29 is 9.90 Å². The summed E-state index contributed by atoms with van der Waals surface area (Å²) in [5, 5.41) is 23.6. The number of nitrogens with zero attached hydrogens (tertiary/aromatic N) is 4. The molecule has 0 amide bonds. The lowest BCUT2D eigenvalue weighted by Crippen LogP contribution is -2.02. The largest absolute Gasteiger partial charge is 0.481 e. The first-order valence-electron chi connectivity index (χ1n) is 5.34. The summed E-state index contributed by atoms with van der Waals surface area (Å²) in [5.74, 6) is -0.964. The Hall–Kier alpha value is -1.93. The van der Waals surface area contributed by atoms with Crippen molar-refractivity contribution in [2.24, 2.45) is 0 Å². The molecule has 0 saturated heterocycles. The molecule has 3 aromatic rings. The first kappa shape index (κ1) is 12.1. The van der Waals surface area contributed by atoms with E-state index in [9.17, 15) is 4.79 Å². The van der Waals surface area contributed by atoms with Gasteiger partial charge in [0.2, 0.25) is 5.16 Å². The minimum absolute atomic E-state index is 0.0684. The lowest BCUT2D eigenvalue weighted by atomic mass is 10.2.